The number of pyridine rings is 1. The number of Topliss-reactive ketones (excluding diaryl/α,β-unsaturated/α-hetero) is 1. The molecule has 0 fully saturated rings. The van der Waals surface area contributed by atoms with Crippen molar-refractivity contribution in [1.82, 2.24) is 9.55 Å². The molecule has 0 spiro atoms. The molecule has 0 saturated heterocycles. The van der Waals surface area contributed by atoms with Gasteiger partial charge in [0.15, 0.2) is 5.78 Å². The number of carbonyl (C=O) groups excluding carboxylic acids is 2. The van der Waals surface area contributed by atoms with Crippen molar-refractivity contribution in [3.05, 3.63) is 36.3 Å². The maximum atomic E-state index is 13.3. The molecular formula is C17H17F2N3O2. The van der Waals surface area contributed by atoms with Gasteiger partial charge in [0.1, 0.15) is 5.69 Å². The molecule has 0 saturated carbocycles. The van der Waals surface area contributed by atoms with E-state index >= 15 is 0 Å². The summed E-state index contributed by atoms with van der Waals surface area (Å²) in [5, 5.41) is 2.73. The number of fused-ring (bicyclic) bond motifs is 4. The lowest BCUT2D eigenvalue weighted by Crippen LogP contribution is -2.21. The zero-order chi connectivity index (χ0) is 17.3. The number of nitrogens with one attached hydrogen (secondary N) is 1. The van der Waals surface area contributed by atoms with Crippen LogP contribution in [-0.2, 0) is 4.79 Å². The summed E-state index contributed by atoms with van der Waals surface area (Å²) >= 11 is 0. The van der Waals surface area contributed by atoms with E-state index in [4.69, 9.17) is 0 Å². The lowest BCUT2D eigenvalue weighted by atomic mass is 9.99. The molecule has 7 heteroatoms. The maximum Gasteiger partial charge on any atom is 0.319 e. The highest BCUT2D eigenvalue weighted by Crippen LogP contribution is 2.34. The summed E-state index contributed by atoms with van der Waals surface area (Å²) < 4.78 is 27.4. The Balaban J connectivity index is 2.16. The van der Waals surface area contributed by atoms with Crippen molar-refractivity contribution in [3.63, 3.8) is 0 Å². The van der Waals surface area contributed by atoms with Crippen LogP contribution in [0.5, 0.6) is 0 Å². The van der Waals surface area contributed by atoms with E-state index in [1.165, 1.54) is 24.5 Å². The van der Waals surface area contributed by atoms with E-state index in [2.05, 4.69) is 10.3 Å². The van der Waals surface area contributed by atoms with E-state index in [1.54, 1.807) is 13.0 Å². The van der Waals surface area contributed by atoms with Gasteiger partial charge in [-0.1, -0.05) is 6.92 Å². The van der Waals surface area contributed by atoms with Crippen molar-refractivity contribution < 1.29 is 18.4 Å². The number of amides is 1. The lowest BCUT2D eigenvalue weighted by molar-refractivity contribution is -0.119. The molecule has 2 aromatic heterocycles. The molecule has 0 radical (unpaired) electrons. The SMILES string of the molecule is C[C@@H]1CCCC(=O)c2cc(ccn2)-c2c(ccn2C(F)F)NC1=O. The molecule has 1 N–H and O–H groups in total. The van der Waals surface area contributed by atoms with Crippen LogP contribution in [0.1, 0.15) is 43.2 Å². The van der Waals surface area contributed by atoms with Crippen LogP contribution in [-0.4, -0.2) is 21.2 Å². The standard InChI is InChI=1S/C17H17F2N3O2/c1-10-3-2-4-14(23)13-9-11(5-7-20-13)15-12(21-16(10)24)6-8-22(15)17(18)19/h5-10,17H,2-4H2,1H3,(H,21,24)/t10-/m1/s1. The molecule has 126 valence electrons. The first-order valence-electron chi connectivity index (χ1n) is 7.77. The summed E-state index contributed by atoms with van der Waals surface area (Å²) in [5.41, 5.74) is 1.14. The molecule has 5 nitrogen and oxygen atoms in total. The summed E-state index contributed by atoms with van der Waals surface area (Å²) in [6.45, 7) is -1.00. The number of alkyl halides is 2. The number of rotatable bonds is 1. The number of hydrogen-bond donors (Lipinski definition) is 1. The quantitative estimate of drug-likeness (QED) is 0.861. The van der Waals surface area contributed by atoms with E-state index in [0.29, 0.717) is 24.1 Å². The summed E-state index contributed by atoms with van der Waals surface area (Å²) in [5.74, 6) is -0.710. The van der Waals surface area contributed by atoms with Gasteiger partial charge in [0.05, 0.1) is 11.4 Å². The Morgan fingerprint density at radius 3 is 2.88 bits per heavy atom. The summed E-state index contributed by atoms with van der Waals surface area (Å²) in [6.07, 6.45) is 4.04. The van der Waals surface area contributed by atoms with Gasteiger partial charge in [0.2, 0.25) is 5.91 Å². The van der Waals surface area contributed by atoms with E-state index in [9.17, 15) is 18.4 Å². The minimum Gasteiger partial charge on any atom is -0.324 e. The highest BCUT2D eigenvalue weighted by molar-refractivity contribution is 5.98. The van der Waals surface area contributed by atoms with Gasteiger partial charge in [0.25, 0.3) is 0 Å². The number of nitrogens with zero attached hydrogens (tertiary/aromatic N) is 2. The molecule has 3 rings (SSSR count). The topological polar surface area (TPSA) is 64.0 Å². The molecule has 1 atom stereocenters. The van der Waals surface area contributed by atoms with Crippen LogP contribution in [0.15, 0.2) is 30.6 Å². The van der Waals surface area contributed by atoms with Crippen molar-refractivity contribution in [3.8, 4) is 11.3 Å². The average molecular weight is 333 g/mol. The fourth-order valence-electron chi connectivity index (χ4n) is 2.83. The average Bonchev–Trinajstić information content (AvgIpc) is 2.97. The van der Waals surface area contributed by atoms with E-state index < -0.39 is 6.55 Å². The van der Waals surface area contributed by atoms with E-state index in [-0.39, 0.29) is 35.4 Å². The molecule has 3 heterocycles. The van der Waals surface area contributed by atoms with Crippen LogP contribution in [0.4, 0.5) is 14.5 Å². The summed E-state index contributed by atoms with van der Waals surface area (Å²) in [6, 6.07) is 4.49. The Morgan fingerprint density at radius 1 is 1.33 bits per heavy atom. The predicted octanol–water partition coefficient (Wildman–Crippen LogP) is 3.89. The Morgan fingerprint density at radius 2 is 2.12 bits per heavy atom. The van der Waals surface area contributed by atoms with Crippen molar-refractivity contribution in [2.45, 2.75) is 32.7 Å². The lowest BCUT2D eigenvalue weighted by Gasteiger charge is -2.16. The zero-order valence-corrected chi connectivity index (χ0v) is 13.1. The molecule has 1 aliphatic rings. The molecule has 2 bridgehead atoms. The minimum atomic E-state index is -2.76. The maximum absolute atomic E-state index is 13.3. The first-order chi connectivity index (χ1) is 11.5. The van der Waals surface area contributed by atoms with Crippen LogP contribution in [0.25, 0.3) is 11.3 Å². The van der Waals surface area contributed by atoms with Gasteiger partial charge < -0.3 is 5.32 Å². The number of ketones is 1. The van der Waals surface area contributed by atoms with Crippen molar-refractivity contribution in [2.75, 3.05) is 5.32 Å². The zero-order valence-electron chi connectivity index (χ0n) is 13.1. The van der Waals surface area contributed by atoms with E-state index in [1.807, 2.05) is 0 Å². The van der Waals surface area contributed by atoms with Crippen LogP contribution in [0.3, 0.4) is 0 Å². The minimum absolute atomic E-state index is 0.151. The first-order valence-corrected chi connectivity index (χ1v) is 7.77. The van der Waals surface area contributed by atoms with Crippen LogP contribution < -0.4 is 5.32 Å². The highest BCUT2D eigenvalue weighted by atomic mass is 19.3. The second-order valence-electron chi connectivity index (χ2n) is 5.90. The first kappa shape index (κ1) is 16.3. The van der Waals surface area contributed by atoms with Crippen LogP contribution >= 0.6 is 0 Å². The summed E-state index contributed by atoms with van der Waals surface area (Å²) in [7, 11) is 0. The van der Waals surface area contributed by atoms with E-state index in [0.717, 1.165) is 4.57 Å². The second-order valence-corrected chi connectivity index (χ2v) is 5.90. The van der Waals surface area contributed by atoms with Crippen molar-refractivity contribution in [1.29, 1.82) is 0 Å². The van der Waals surface area contributed by atoms with Gasteiger partial charge in [0, 0.05) is 30.3 Å². The number of carbonyl (C=O) groups is 2. The third-order valence-electron chi connectivity index (χ3n) is 4.19. The number of halogens is 2. The van der Waals surface area contributed by atoms with Crippen LogP contribution in [0, 0.1) is 5.92 Å². The summed E-state index contributed by atoms with van der Waals surface area (Å²) in [4.78, 5) is 28.6. The monoisotopic (exact) mass is 333 g/mol. The van der Waals surface area contributed by atoms with Gasteiger partial charge in [-0.05, 0) is 31.0 Å². The molecular weight excluding hydrogens is 316 g/mol. The Hall–Kier alpha value is -2.57. The molecule has 2 aromatic rings. The molecule has 0 aromatic carbocycles. The molecule has 1 aliphatic heterocycles. The molecule has 0 unspecified atom stereocenters. The predicted molar refractivity (Wildman–Crippen MR) is 84.9 cm³/mol. The van der Waals surface area contributed by atoms with Crippen molar-refractivity contribution in [2.24, 2.45) is 5.92 Å². The Kier molecular flexibility index (Phi) is 4.42. The Bertz CT molecular complexity index is 786. The number of anilines is 1. The normalized spacial score (nSPS) is 18.6. The van der Waals surface area contributed by atoms with Gasteiger partial charge >= 0.3 is 6.55 Å². The fourth-order valence-corrected chi connectivity index (χ4v) is 2.83. The second kappa shape index (κ2) is 6.51. The number of aromatic nitrogens is 2. The highest BCUT2D eigenvalue weighted by Gasteiger charge is 2.22. The fraction of sp³-hybridized carbons (Fsp3) is 0.353. The van der Waals surface area contributed by atoms with Gasteiger partial charge in [-0.25, -0.2) is 0 Å². The van der Waals surface area contributed by atoms with Gasteiger partial charge in [-0.3, -0.25) is 19.1 Å². The number of hydrogen-bond acceptors (Lipinski definition) is 3. The largest absolute Gasteiger partial charge is 0.324 e. The Labute approximate surface area is 137 Å². The molecule has 24 heavy (non-hydrogen) atoms. The smallest absolute Gasteiger partial charge is 0.319 e. The van der Waals surface area contributed by atoms with Crippen LogP contribution in [0.2, 0.25) is 0 Å². The van der Waals surface area contributed by atoms with Gasteiger partial charge in [-0.2, -0.15) is 8.78 Å². The third-order valence-corrected chi connectivity index (χ3v) is 4.19. The molecule has 1 amide bonds. The van der Waals surface area contributed by atoms with Gasteiger partial charge in [-0.15, -0.1) is 0 Å². The molecule has 0 aliphatic carbocycles. The van der Waals surface area contributed by atoms with Crippen molar-refractivity contribution >= 4 is 17.4 Å². The third kappa shape index (κ3) is 3.06.